The molecule has 144 valence electrons. The smallest absolute Gasteiger partial charge is 0.196 e. The van der Waals surface area contributed by atoms with E-state index in [4.69, 9.17) is 4.74 Å². The molecule has 2 aromatic carbocycles. The van der Waals surface area contributed by atoms with Crippen LogP contribution in [0.5, 0.6) is 5.75 Å². The van der Waals surface area contributed by atoms with Crippen LogP contribution >= 0.6 is 0 Å². The van der Waals surface area contributed by atoms with E-state index in [9.17, 15) is 9.90 Å². The van der Waals surface area contributed by atoms with Crippen molar-refractivity contribution in [2.75, 3.05) is 7.11 Å². The minimum Gasteiger partial charge on any atom is -0.507 e. The Bertz CT molecular complexity index is 912. The molecular weight excluding hydrogens is 348 g/mol. The van der Waals surface area contributed by atoms with Gasteiger partial charge in [-0.3, -0.25) is 4.79 Å². The highest BCUT2D eigenvalue weighted by atomic mass is 16.5. The molecule has 3 nitrogen and oxygen atoms in total. The van der Waals surface area contributed by atoms with E-state index in [1.54, 1.807) is 31.4 Å². The standard InChI is InChI=1S/C25H26O3/c1-28-25(23-19-10-15-9-16(12-19)13-20(23)11-15)18-7-8-21(22(26)14-18)24(27)17-5-3-2-4-6-17/h2-8,14-16,19-20,26H,9-13H2,1H3. The van der Waals surface area contributed by atoms with Crippen molar-refractivity contribution < 1.29 is 14.6 Å². The fourth-order valence-corrected chi connectivity index (χ4v) is 6.07. The van der Waals surface area contributed by atoms with Crippen molar-refractivity contribution in [2.24, 2.45) is 23.7 Å². The van der Waals surface area contributed by atoms with Gasteiger partial charge in [-0.05, 0) is 73.5 Å². The van der Waals surface area contributed by atoms with Crippen molar-refractivity contribution in [3.63, 3.8) is 0 Å². The molecule has 0 aromatic heterocycles. The number of aromatic hydroxyl groups is 1. The lowest BCUT2D eigenvalue weighted by Crippen LogP contribution is -2.40. The summed E-state index contributed by atoms with van der Waals surface area (Å²) in [6, 6.07) is 14.4. The first-order valence-electron chi connectivity index (χ1n) is 10.3. The summed E-state index contributed by atoms with van der Waals surface area (Å²) < 4.78 is 5.89. The van der Waals surface area contributed by atoms with Crippen LogP contribution in [-0.2, 0) is 4.74 Å². The van der Waals surface area contributed by atoms with Crippen LogP contribution in [-0.4, -0.2) is 18.0 Å². The molecule has 3 heteroatoms. The number of ether oxygens (including phenoxy) is 1. The second kappa shape index (κ2) is 6.80. The zero-order chi connectivity index (χ0) is 19.3. The van der Waals surface area contributed by atoms with Crippen LogP contribution in [0.3, 0.4) is 0 Å². The van der Waals surface area contributed by atoms with E-state index in [1.165, 1.54) is 37.7 Å². The second-order valence-electron chi connectivity index (χ2n) is 8.72. The Hall–Kier alpha value is -2.55. The van der Waals surface area contributed by atoms with Crippen molar-refractivity contribution in [3.05, 3.63) is 70.8 Å². The molecule has 0 aliphatic heterocycles. The maximum absolute atomic E-state index is 12.7. The molecule has 0 heterocycles. The van der Waals surface area contributed by atoms with Gasteiger partial charge in [0.1, 0.15) is 11.5 Å². The topological polar surface area (TPSA) is 46.5 Å². The van der Waals surface area contributed by atoms with Crippen LogP contribution in [0.2, 0.25) is 0 Å². The largest absolute Gasteiger partial charge is 0.507 e. The molecule has 4 aliphatic carbocycles. The minimum absolute atomic E-state index is 0.0188. The number of benzene rings is 2. The summed E-state index contributed by atoms with van der Waals surface area (Å²) in [6.07, 6.45) is 6.55. The van der Waals surface area contributed by atoms with Gasteiger partial charge in [0.2, 0.25) is 0 Å². The number of carbonyl (C=O) groups is 1. The zero-order valence-corrected chi connectivity index (χ0v) is 16.2. The minimum atomic E-state index is -0.161. The number of hydrogen-bond donors (Lipinski definition) is 1. The summed E-state index contributed by atoms with van der Waals surface area (Å²) in [7, 11) is 1.73. The van der Waals surface area contributed by atoms with Gasteiger partial charge >= 0.3 is 0 Å². The van der Waals surface area contributed by atoms with E-state index >= 15 is 0 Å². The lowest BCUT2D eigenvalue weighted by molar-refractivity contribution is 0.0675. The summed E-state index contributed by atoms with van der Waals surface area (Å²) in [5.41, 5.74) is 3.25. The first-order chi connectivity index (χ1) is 13.6. The van der Waals surface area contributed by atoms with Crippen LogP contribution < -0.4 is 0 Å². The normalized spacial score (nSPS) is 27.7. The predicted octanol–water partition coefficient (Wildman–Crippen LogP) is 5.44. The number of hydrogen-bond acceptors (Lipinski definition) is 3. The third kappa shape index (κ3) is 2.85. The molecule has 6 rings (SSSR count). The van der Waals surface area contributed by atoms with Gasteiger partial charge in [-0.2, -0.15) is 0 Å². The summed E-state index contributed by atoms with van der Waals surface area (Å²) in [5.74, 6) is 3.81. The van der Waals surface area contributed by atoms with E-state index < -0.39 is 0 Å². The lowest BCUT2D eigenvalue weighted by Gasteiger charge is -2.51. The highest BCUT2D eigenvalue weighted by molar-refractivity contribution is 6.10. The van der Waals surface area contributed by atoms with Gasteiger partial charge in [0.05, 0.1) is 12.7 Å². The Balaban J connectivity index is 1.51. The maximum atomic E-state index is 12.7. The molecule has 2 aromatic rings. The molecule has 28 heavy (non-hydrogen) atoms. The van der Waals surface area contributed by atoms with E-state index in [0.29, 0.717) is 23.0 Å². The average molecular weight is 374 g/mol. The molecule has 0 radical (unpaired) electrons. The quantitative estimate of drug-likeness (QED) is 0.573. The zero-order valence-electron chi connectivity index (χ0n) is 16.2. The van der Waals surface area contributed by atoms with Gasteiger partial charge in [-0.25, -0.2) is 0 Å². The summed E-state index contributed by atoms with van der Waals surface area (Å²) >= 11 is 0. The van der Waals surface area contributed by atoms with Crippen LogP contribution in [0.25, 0.3) is 5.76 Å². The van der Waals surface area contributed by atoms with Crippen LogP contribution in [0.4, 0.5) is 0 Å². The molecule has 0 saturated heterocycles. The molecule has 4 saturated carbocycles. The maximum Gasteiger partial charge on any atom is 0.196 e. The molecule has 4 fully saturated rings. The fourth-order valence-electron chi connectivity index (χ4n) is 6.07. The average Bonchev–Trinajstić information content (AvgIpc) is 2.70. The van der Waals surface area contributed by atoms with Gasteiger partial charge in [-0.1, -0.05) is 36.4 Å². The first-order valence-corrected chi connectivity index (χ1v) is 10.3. The van der Waals surface area contributed by atoms with Crippen LogP contribution in [0.1, 0.15) is 53.6 Å². The Morgan fingerprint density at radius 2 is 1.54 bits per heavy atom. The van der Waals surface area contributed by atoms with Crippen molar-refractivity contribution in [3.8, 4) is 5.75 Å². The van der Waals surface area contributed by atoms with Gasteiger partial charge in [0.15, 0.2) is 5.78 Å². The predicted molar refractivity (Wildman–Crippen MR) is 109 cm³/mol. The number of methoxy groups -OCH3 is 1. The number of rotatable bonds is 4. The molecule has 0 spiro atoms. The lowest BCUT2D eigenvalue weighted by atomic mass is 9.54. The van der Waals surface area contributed by atoms with Crippen molar-refractivity contribution in [2.45, 2.75) is 32.1 Å². The summed E-state index contributed by atoms with van der Waals surface area (Å²) in [4.78, 5) is 12.7. The Kier molecular flexibility index (Phi) is 4.26. The highest BCUT2D eigenvalue weighted by Gasteiger charge is 2.46. The molecule has 0 amide bonds. The molecule has 4 aliphatic rings. The van der Waals surface area contributed by atoms with E-state index in [-0.39, 0.29) is 11.5 Å². The van der Waals surface area contributed by atoms with Gasteiger partial charge in [0.25, 0.3) is 0 Å². The highest BCUT2D eigenvalue weighted by Crippen LogP contribution is 2.58. The number of carbonyl (C=O) groups excluding carboxylic acids is 1. The fraction of sp³-hybridized carbons (Fsp3) is 0.400. The van der Waals surface area contributed by atoms with Gasteiger partial charge < -0.3 is 9.84 Å². The molecule has 4 bridgehead atoms. The van der Waals surface area contributed by atoms with Crippen molar-refractivity contribution >= 4 is 11.5 Å². The Morgan fingerprint density at radius 1 is 0.893 bits per heavy atom. The summed E-state index contributed by atoms with van der Waals surface area (Å²) in [5, 5.41) is 10.6. The van der Waals surface area contributed by atoms with Crippen molar-refractivity contribution in [1.29, 1.82) is 0 Å². The Morgan fingerprint density at radius 3 is 2.11 bits per heavy atom. The van der Waals surface area contributed by atoms with E-state index in [2.05, 4.69) is 0 Å². The van der Waals surface area contributed by atoms with Gasteiger partial charge in [0, 0.05) is 11.1 Å². The number of ketones is 1. The van der Waals surface area contributed by atoms with Gasteiger partial charge in [-0.15, -0.1) is 0 Å². The van der Waals surface area contributed by atoms with Crippen molar-refractivity contribution in [1.82, 2.24) is 0 Å². The van der Waals surface area contributed by atoms with Crippen LogP contribution in [0.15, 0.2) is 54.1 Å². The SMILES string of the molecule is COC(=C1C2CC3CC(C2)CC1C3)c1ccc(C(=O)c2ccccc2)c(O)c1. The van der Waals surface area contributed by atoms with E-state index in [0.717, 1.165) is 23.2 Å². The first kappa shape index (κ1) is 17.5. The van der Waals surface area contributed by atoms with Crippen LogP contribution in [0, 0.1) is 23.7 Å². The second-order valence-corrected chi connectivity index (χ2v) is 8.72. The summed E-state index contributed by atoms with van der Waals surface area (Å²) in [6.45, 7) is 0. The molecule has 0 unspecified atom stereocenters. The molecule has 1 N–H and O–H groups in total. The van der Waals surface area contributed by atoms with E-state index in [1.807, 2.05) is 24.3 Å². The third-order valence-electron chi connectivity index (χ3n) is 7.02. The third-order valence-corrected chi connectivity index (χ3v) is 7.02. The number of phenolic OH excluding ortho intramolecular Hbond substituents is 1. The molecular formula is C25H26O3. The molecule has 0 atom stereocenters. The number of phenols is 1. The number of allylic oxidation sites excluding steroid dienone is 1. The Labute approximate surface area is 166 Å². The monoisotopic (exact) mass is 374 g/mol.